The Morgan fingerprint density at radius 1 is 1.37 bits per heavy atom. The van der Waals surface area contributed by atoms with Crippen LogP contribution in [0.2, 0.25) is 5.02 Å². The number of hydrogen-bond acceptors (Lipinski definition) is 5. The molecular formula is C21H24ClFN2O5. The number of carbonyl (C=O) groups is 2. The van der Waals surface area contributed by atoms with Gasteiger partial charge in [0.15, 0.2) is 0 Å². The van der Waals surface area contributed by atoms with Crippen molar-refractivity contribution in [2.45, 2.75) is 44.9 Å². The maximum atomic E-state index is 13.0. The fourth-order valence-electron chi connectivity index (χ4n) is 3.07. The number of benzene rings is 1. The number of halogens is 2. The Kier molecular flexibility index (Phi) is 8.14. The quantitative estimate of drug-likeness (QED) is 0.463. The lowest BCUT2D eigenvalue weighted by atomic mass is 10.1. The molecule has 0 aliphatic rings. The summed E-state index contributed by atoms with van der Waals surface area (Å²) in [6, 6.07) is 4.39. The molecule has 162 valence electrons. The van der Waals surface area contributed by atoms with Crippen molar-refractivity contribution in [1.29, 1.82) is 0 Å². The average Bonchev–Trinajstić information content (AvgIpc) is 2.68. The highest BCUT2D eigenvalue weighted by Crippen LogP contribution is 2.18. The van der Waals surface area contributed by atoms with E-state index in [9.17, 15) is 23.9 Å². The number of aromatic nitrogens is 1. The van der Waals surface area contributed by atoms with Crippen molar-refractivity contribution in [3.8, 4) is 0 Å². The third kappa shape index (κ3) is 5.67. The van der Waals surface area contributed by atoms with Gasteiger partial charge < -0.3 is 19.7 Å². The number of ether oxygens (including phenoxy) is 1. The van der Waals surface area contributed by atoms with Gasteiger partial charge in [-0.1, -0.05) is 31.2 Å². The first-order valence-corrected chi connectivity index (χ1v) is 9.76. The van der Waals surface area contributed by atoms with Gasteiger partial charge in [0.25, 0.3) is 5.56 Å². The molecule has 30 heavy (non-hydrogen) atoms. The van der Waals surface area contributed by atoms with Crippen molar-refractivity contribution in [3.05, 3.63) is 58.2 Å². The Labute approximate surface area is 178 Å². The van der Waals surface area contributed by atoms with E-state index in [1.54, 1.807) is 25.1 Å². The molecule has 0 aliphatic heterocycles. The van der Waals surface area contributed by atoms with Gasteiger partial charge in [-0.05, 0) is 36.9 Å². The molecule has 2 aromatic rings. The summed E-state index contributed by atoms with van der Waals surface area (Å²) in [7, 11) is 0. The van der Waals surface area contributed by atoms with Crippen LogP contribution in [-0.4, -0.2) is 40.4 Å². The number of esters is 1. The van der Waals surface area contributed by atoms with Crippen molar-refractivity contribution < 1.29 is 23.8 Å². The van der Waals surface area contributed by atoms with Crippen LogP contribution in [0.25, 0.3) is 10.8 Å². The van der Waals surface area contributed by atoms with Crippen LogP contribution in [0.1, 0.15) is 32.7 Å². The molecule has 9 heteroatoms. The molecule has 2 unspecified atom stereocenters. The molecule has 1 aromatic carbocycles. The highest BCUT2D eigenvalue weighted by molar-refractivity contribution is 6.31. The predicted molar refractivity (Wildman–Crippen MR) is 112 cm³/mol. The van der Waals surface area contributed by atoms with E-state index >= 15 is 0 Å². The van der Waals surface area contributed by atoms with Gasteiger partial charge >= 0.3 is 5.97 Å². The number of nitrogens with one attached hydrogen (secondary N) is 1. The third-order valence-corrected chi connectivity index (χ3v) is 4.78. The summed E-state index contributed by atoms with van der Waals surface area (Å²) >= 11 is 5.98. The second kappa shape index (κ2) is 10.4. The number of aliphatic hydroxyl groups is 1. The zero-order valence-corrected chi connectivity index (χ0v) is 17.5. The topological polar surface area (TPSA) is 97.6 Å². The highest BCUT2D eigenvalue weighted by atomic mass is 35.5. The number of rotatable bonds is 9. The molecule has 1 amide bonds. The fourth-order valence-corrected chi connectivity index (χ4v) is 3.24. The molecule has 0 fully saturated rings. The maximum Gasteiger partial charge on any atom is 0.313 e. The van der Waals surface area contributed by atoms with Crippen LogP contribution in [0, 0.1) is 0 Å². The minimum absolute atomic E-state index is 0.132. The van der Waals surface area contributed by atoms with E-state index in [1.807, 2.05) is 0 Å². The van der Waals surface area contributed by atoms with Crippen molar-refractivity contribution >= 4 is 34.2 Å². The second-order valence-corrected chi connectivity index (χ2v) is 7.34. The first-order valence-electron chi connectivity index (χ1n) is 9.38. The Hall–Kier alpha value is -2.71. The van der Waals surface area contributed by atoms with E-state index in [2.05, 4.69) is 11.9 Å². The smallest absolute Gasteiger partial charge is 0.313 e. The van der Waals surface area contributed by atoms with E-state index < -0.39 is 48.7 Å². The molecule has 2 rings (SSSR count). The molecule has 7 nitrogen and oxygen atoms in total. The summed E-state index contributed by atoms with van der Waals surface area (Å²) < 4.78 is 19.1. The number of aliphatic hydroxyl groups excluding tert-OH is 1. The summed E-state index contributed by atoms with van der Waals surface area (Å²) in [5.74, 6) is -1.28. The van der Waals surface area contributed by atoms with Crippen LogP contribution in [0.3, 0.4) is 0 Å². The van der Waals surface area contributed by atoms with Crippen LogP contribution >= 0.6 is 11.6 Å². The van der Waals surface area contributed by atoms with Crippen LogP contribution in [0.5, 0.6) is 0 Å². The van der Waals surface area contributed by atoms with Crippen LogP contribution in [-0.2, 0) is 14.3 Å². The minimum Gasteiger partial charge on any atom is -0.432 e. The second-order valence-electron chi connectivity index (χ2n) is 6.90. The molecule has 0 spiro atoms. The highest BCUT2D eigenvalue weighted by Gasteiger charge is 2.29. The minimum atomic E-state index is -1.61. The molecule has 3 atom stereocenters. The number of allylic oxidation sites excluding steroid dienone is 1. The Bertz CT molecular complexity index is 1010. The Balaban J connectivity index is 2.30. The lowest BCUT2D eigenvalue weighted by Crippen LogP contribution is -2.49. The van der Waals surface area contributed by atoms with Crippen molar-refractivity contribution in [2.75, 3.05) is 6.67 Å². The number of alkyl halides is 1. The zero-order chi connectivity index (χ0) is 22.4. The van der Waals surface area contributed by atoms with E-state index in [4.69, 9.17) is 16.3 Å². The first kappa shape index (κ1) is 23.6. The summed E-state index contributed by atoms with van der Waals surface area (Å²) in [6.45, 7) is 5.43. The molecule has 0 saturated heterocycles. The van der Waals surface area contributed by atoms with Crippen LogP contribution < -0.4 is 10.9 Å². The van der Waals surface area contributed by atoms with Gasteiger partial charge in [-0.3, -0.25) is 14.4 Å². The molecule has 0 bridgehead atoms. The predicted octanol–water partition coefficient (Wildman–Crippen LogP) is 2.89. The first-order chi connectivity index (χ1) is 14.2. The number of carbonyl (C=O) groups excluding carboxylic acids is 2. The fraction of sp³-hybridized carbons (Fsp3) is 0.381. The molecule has 1 heterocycles. The Morgan fingerprint density at radius 3 is 2.67 bits per heavy atom. The summed E-state index contributed by atoms with van der Waals surface area (Å²) in [6.07, 6.45) is -0.340. The van der Waals surface area contributed by atoms with Gasteiger partial charge in [-0.25, -0.2) is 4.39 Å². The standard InChI is InChI=1S/C21H24ClFN2O5/c1-4-17(25-8-7-13-5-6-14(22)9-15(13)21(25)29)20(28)24-16(18(26)11-23)10-19(27)30-12(2)3/h5-9,16-18,26H,2,4,10-11H2,1,3H3,(H,24,28)/t16?,17-,18?/m0/s1. The van der Waals surface area contributed by atoms with Crippen molar-refractivity contribution in [1.82, 2.24) is 9.88 Å². The van der Waals surface area contributed by atoms with Gasteiger partial charge in [0.05, 0.1) is 18.2 Å². The van der Waals surface area contributed by atoms with E-state index in [-0.39, 0.29) is 12.2 Å². The summed E-state index contributed by atoms with van der Waals surface area (Å²) in [5.41, 5.74) is -0.415. The van der Waals surface area contributed by atoms with Gasteiger partial charge in [-0.15, -0.1) is 0 Å². The van der Waals surface area contributed by atoms with Gasteiger partial charge in [0.1, 0.15) is 18.8 Å². The van der Waals surface area contributed by atoms with Gasteiger partial charge in [0, 0.05) is 16.6 Å². The molecule has 0 aliphatic carbocycles. The number of nitrogens with zero attached hydrogens (tertiary/aromatic N) is 1. The third-order valence-electron chi connectivity index (χ3n) is 4.54. The van der Waals surface area contributed by atoms with E-state index in [1.165, 1.54) is 23.8 Å². The number of hydrogen-bond donors (Lipinski definition) is 2. The SMILES string of the molecule is C=C(C)OC(=O)CC(NC(=O)[C@H](CC)n1ccc2ccc(Cl)cc2c1=O)C(O)CF. The molecule has 2 N–H and O–H groups in total. The normalized spacial score (nSPS) is 14.0. The largest absolute Gasteiger partial charge is 0.432 e. The number of fused-ring (bicyclic) bond motifs is 1. The monoisotopic (exact) mass is 438 g/mol. The molecular weight excluding hydrogens is 415 g/mol. The zero-order valence-electron chi connectivity index (χ0n) is 16.7. The Morgan fingerprint density at radius 2 is 2.07 bits per heavy atom. The van der Waals surface area contributed by atoms with Crippen LogP contribution in [0.4, 0.5) is 4.39 Å². The molecule has 1 aromatic heterocycles. The van der Waals surface area contributed by atoms with Gasteiger partial charge in [-0.2, -0.15) is 0 Å². The lowest BCUT2D eigenvalue weighted by Gasteiger charge is -2.25. The lowest BCUT2D eigenvalue weighted by molar-refractivity contribution is -0.141. The van der Waals surface area contributed by atoms with Crippen molar-refractivity contribution in [3.63, 3.8) is 0 Å². The summed E-state index contributed by atoms with van der Waals surface area (Å²) in [4.78, 5) is 37.6. The average molecular weight is 439 g/mol. The van der Waals surface area contributed by atoms with E-state index in [0.717, 1.165) is 0 Å². The van der Waals surface area contributed by atoms with E-state index in [0.29, 0.717) is 15.8 Å². The number of pyridine rings is 1. The summed E-state index contributed by atoms with van der Waals surface area (Å²) in [5, 5.41) is 13.8. The van der Waals surface area contributed by atoms with Gasteiger partial charge in [0.2, 0.25) is 5.91 Å². The molecule has 0 saturated carbocycles. The number of amides is 1. The molecule has 0 radical (unpaired) electrons. The maximum absolute atomic E-state index is 13.0. The van der Waals surface area contributed by atoms with Crippen molar-refractivity contribution in [2.24, 2.45) is 0 Å². The van der Waals surface area contributed by atoms with Crippen LogP contribution in [0.15, 0.2) is 47.6 Å².